The highest BCUT2D eigenvalue weighted by Crippen LogP contribution is 2.44. The van der Waals surface area contributed by atoms with Gasteiger partial charge in [-0.2, -0.15) is 13.2 Å². The molecule has 3 aliphatic heterocycles. The van der Waals surface area contributed by atoms with Gasteiger partial charge >= 0.3 is 12.2 Å². The molecule has 1 fully saturated rings. The highest BCUT2D eigenvalue weighted by molar-refractivity contribution is 5.95. The Labute approximate surface area is 209 Å². The summed E-state index contributed by atoms with van der Waals surface area (Å²) in [5.74, 6) is 0.0893. The predicted molar refractivity (Wildman–Crippen MR) is 120 cm³/mol. The molecule has 0 spiro atoms. The molecule has 0 radical (unpaired) electrons. The second-order valence-electron chi connectivity index (χ2n) is 9.88. The molecular formula is C24H24F3N5O5. The van der Waals surface area contributed by atoms with E-state index in [1.54, 1.807) is 20.8 Å². The first-order chi connectivity index (χ1) is 17.7. The van der Waals surface area contributed by atoms with E-state index in [0.717, 1.165) is 24.0 Å². The van der Waals surface area contributed by atoms with E-state index in [-0.39, 0.29) is 36.2 Å². The number of ether oxygens (including phenoxy) is 1. The van der Waals surface area contributed by atoms with E-state index in [2.05, 4.69) is 10.1 Å². The molecular weight excluding hydrogens is 495 g/mol. The predicted octanol–water partition coefficient (Wildman–Crippen LogP) is 2.84. The van der Waals surface area contributed by atoms with Gasteiger partial charge in [-0.05, 0) is 47.5 Å². The van der Waals surface area contributed by atoms with Crippen LogP contribution in [-0.2, 0) is 13.0 Å². The molecule has 0 unspecified atom stereocenters. The van der Waals surface area contributed by atoms with Crippen LogP contribution in [0.2, 0.25) is 0 Å². The number of aromatic nitrogens is 2. The Morgan fingerprint density at radius 3 is 2.46 bits per heavy atom. The first-order valence-electron chi connectivity index (χ1n) is 12.0. The van der Waals surface area contributed by atoms with Gasteiger partial charge in [-0.3, -0.25) is 4.79 Å². The summed E-state index contributed by atoms with van der Waals surface area (Å²) in [5.41, 5.74) is 3.51. The number of carbonyl (C=O) groups excluding carboxylic acids is 2. The number of carbonyl (C=O) groups is 2. The summed E-state index contributed by atoms with van der Waals surface area (Å²) >= 11 is 0. The molecule has 0 atom stereocenters. The molecule has 37 heavy (non-hydrogen) atoms. The van der Waals surface area contributed by atoms with E-state index in [4.69, 9.17) is 9.26 Å². The van der Waals surface area contributed by atoms with E-state index in [0.29, 0.717) is 61.6 Å². The minimum Gasteiger partial charge on any atom is -0.491 e. The average molecular weight is 519 g/mol. The number of hydrogen-bond acceptors (Lipinski definition) is 7. The Kier molecular flexibility index (Phi) is 5.53. The van der Waals surface area contributed by atoms with Crippen LogP contribution in [-0.4, -0.2) is 87.4 Å². The number of aromatic hydroxyl groups is 1. The maximum atomic E-state index is 13.2. The van der Waals surface area contributed by atoms with Gasteiger partial charge in [-0.15, -0.1) is 0 Å². The summed E-state index contributed by atoms with van der Waals surface area (Å²) in [5, 5.41) is 13.3. The zero-order chi connectivity index (χ0) is 25.9. The third kappa shape index (κ3) is 4.58. The smallest absolute Gasteiger partial charge is 0.422 e. The van der Waals surface area contributed by atoms with Crippen molar-refractivity contribution in [1.82, 2.24) is 24.8 Å². The lowest BCUT2D eigenvalue weighted by molar-refractivity contribution is -0.154. The van der Waals surface area contributed by atoms with Gasteiger partial charge in [0.2, 0.25) is 5.88 Å². The molecule has 0 saturated heterocycles. The quantitative estimate of drug-likeness (QED) is 0.619. The van der Waals surface area contributed by atoms with E-state index in [1.165, 1.54) is 6.20 Å². The van der Waals surface area contributed by atoms with Crippen LogP contribution in [0.5, 0.6) is 11.8 Å². The van der Waals surface area contributed by atoms with E-state index in [9.17, 15) is 27.9 Å². The number of urea groups is 1. The Hall–Kier alpha value is -3.77. The average Bonchev–Trinajstić information content (AvgIpc) is 3.37. The number of fused-ring (bicyclic) bond motifs is 1. The first kappa shape index (κ1) is 23.6. The molecule has 1 aliphatic carbocycles. The SMILES string of the molecule is O=C(c1cnc(OCC(F)(F)F)c(C2CC2)c1)N1CC2=C(C1)CN(C(=O)N1CCc3c(O)noc3C1)C2. The Bertz CT molecular complexity index is 1280. The van der Waals surface area contributed by atoms with Gasteiger partial charge in [0.15, 0.2) is 12.4 Å². The van der Waals surface area contributed by atoms with Gasteiger partial charge < -0.3 is 29.1 Å². The number of halogens is 3. The van der Waals surface area contributed by atoms with Gasteiger partial charge in [0.25, 0.3) is 11.8 Å². The standard InChI is InChI=1S/C24H24F3N5O5/c25-24(26,27)12-36-21-18(13-1-2-13)5-14(6-28-21)22(34)31-7-15-9-32(10-16(15)8-31)23(35)30-4-3-17-19(11-30)37-29-20(17)33/h5-6,13H,1-4,7-12H2,(H,29,33). The van der Waals surface area contributed by atoms with Crippen LogP contribution in [0.3, 0.4) is 0 Å². The summed E-state index contributed by atoms with van der Waals surface area (Å²) in [6.45, 7) is 0.853. The summed E-state index contributed by atoms with van der Waals surface area (Å²) in [6.07, 6.45) is -1.09. The van der Waals surface area contributed by atoms with Crippen LogP contribution in [0.4, 0.5) is 18.0 Å². The number of amides is 3. The van der Waals surface area contributed by atoms with Crippen LogP contribution in [0, 0.1) is 0 Å². The zero-order valence-electron chi connectivity index (χ0n) is 19.8. The lowest BCUT2D eigenvalue weighted by Crippen LogP contribution is -2.45. The molecule has 6 rings (SSSR count). The lowest BCUT2D eigenvalue weighted by atomic mass is 10.1. The molecule has 3 amide bonds. The summed E-state index contributed by atoms with van der Waals surface area (Å²) < 4.78 is 47.8. The third-order valence-electron chi connectivity index (χ3n) is 7.19. The van der Waals surface area contributed by atoms with Crippen molar-refractivity contribution in [2.75, 3.05) is 39.3 Å². The molecule has 0 aromatic carbocycles. The number of nitrogens with zero attached hydrogens (tertiary/aromatic N) is 5. The Morgan fingerprint density at radius 2 is 1.78 bits per heavy atom. The van der Waals surface area contributed by atoms with Crippen molar-refractivity contribution < 1.29 is 37.1 Å². The van der Waals surface area contributed by atoms with Crippen molar-refractivity contribution >= 4 is 11.9 Å². The third-order valence-corrected chi connectivity index (χ3v) is 7.19. The monoisotopic (exact) mass is 519 g/mol. The van der Waals surface area contributed by atoms with E-state index < -0.39 is 12.8 Å². The topological polar surface area (TPSA) is 112 Å². The van der Waals surface area contributed by atoms with Crippen molar-refractivity contribution in [1.29, 1.82) is 0 Å². The largest absolute Gasteiger partial charge is 0.491 e. The molecule has 2 aromatic rings. The van der Waals surface area contributed by atoms with Gasteiger partial charge in [-0.25, -0.2) is 9.78 Å². The van der Waals surface area contributed by atoms with Crippen molar-refractivity contribution in [2.45, 2.75) is 37.9 Å². The van der Waals surface area contributed by atoms with E-state index in [1.807, 2.05) is 0 Å². The molecule has 196 valence electrons. The Morgan fingerprint density at radius 1 is 1.08 bits per heavy atom. The van der Waals surface area contributed by atoms with Crippen molar-refractivity contribution in [3.05, 3.63) is 45.9 Å². The maximum absolute atomic E-state index is 13.2. The zero-order valence-corrected chi connectivity index (χ0v) is 19.8. The fourth-order valence-electron chi connectivity index (χ4n) is 5.16. The molecule has 2 aromatic heterocycles. The van der Waals surface area contributed by atoms with Gasteiger partial charge in [0.05, 0.1) is 17.7 Å². The normalized spacial score (nSPS) is 19.4. The maximum Gasteiger partial charge on any atom is 0.422 e. The molecule has 5 heterocycles. The van der Waals surface area contributed by atoms with Crippen LogP contribution in [0.25, 0.3) is 0 Å². The van der Waals surface area contributed by atoms with Gasteiger partial charge in [0, 0.05) is 44.5 Å². The summed E-state index contributed by atoms with van der Waals surface area (Å²) in [6, 6.07) is 1.46. The Balaban J connectivity index is 1.07. The molecule has 13 heteroatoms. The lowest BCUT2D eigenvalue weighted by Gasteiger charge is -2.31. The molecule has 4 aliphatic rings. The van der Waals surface area contributed by atoms with E-state index >= 15 is 0 Å². The fourth-order valence-corrected chi connectivity index (χ4v) is 5.16. The van der Waals surface area contributed by atoms with Crippen molar-refractivity contribution in [2.24, 2.45) is 0 Å². The van der Waals surface area contributed by atoms with Crippen LogP contribution in [0.15, 0.2) is 27.9 Å². The van der Waals surface area contributed by atoms with Gasteiger partial charge in [0.1, 0.15) is 0 Å². The molecule has 0 bridgehead atoms. The number of alkyl halides is 3. The second-order valence-corrected chi connectivity index (χ2v) is 9.88. The summed E-state index contributed by atoms with van der Waals surface area (Å²) in [7, 11) is 0. The molecule has 10 nitrogen and oxygen atoms in total. The van der Waals surface area contributed by atoms with Crippen LogP contribution in [0.1, 0.15) is 46.0 Å². The minimum atomic E-state index is -4.47. The molecule has 1 saturated carbocycles. The van der Waals surface area contributed by atoms with Crippen LogP contribution < -0.4 is 4.74 Å². The first-order valence-corrected chi connectivity index (χ1v) is 12.0. The molecule has 1 N–H and O–H groups in total. The van der Waals surface area contributed by atoms with Crippen molar-refractivity contribution in [3.8, 4) is 11.8 Å². The van der Waals surface area contributed by atoms with Gasteiger partial charge in [-0.1, -0.05) is 0 Å². The van der Waals surface area contributed by atoms with Crippen LogP contribution >= 0.6 is 0 Å². The fraction of sp³-hybridized carbons (Fsp3) is 0.500. The minimum absolute atomic E-state index is 0.0524. The number of rotatable bonds is 4. The van der Waals surface area contributed by atoms with Crippen molar-refractivity contribution in [3.63, 3.8) is 0 Å². The second kappa shape index (κ2) is 8.67. The summed E-state index contributed by atoms with van der Waals surface area (Å²) in [4.78, 5) is 35.4. The number of hydrogen-bond donors (Lipinski definition) is 1. The highest BCUT2D eigenvalue weighted by atomic mass is 19.4. The number of pyridine rings is 1. The highest BCUT2D eigenvalue weighted by Gasteiger charge is 2.38.